The normalized spacial score (nSPS) is 10.5. The molecule has 0 amide bonds. The maximum atomic E-state index is 13.8. The molecule has 0 spiro atoms. The molecular formula is C15H12Br2FNO2. The van der Waals surface area contributed by atoms with Crippen LogP contribution in [0.2, 0.25) is 0 Å². The zero-order valence-corrected chi connectivity index (χ0v) is 14.3. The molecule has 0 radical (unpaired) electrons. The Morgan fingerprint density at radius 3 is 2.57 bits per heavy atom. The molecule has 0 unspecified atom stereocenters. The molecule has 0 saturated carbocycles. The third-order valence-electron chi connectivity index (χ3n) is 2.85. The highest BCUT2D eigenvalue weighted by Gasteiger charge is 2.14. The Kier molecular flexibility index (Phi) is 5.00. The van der Waals surface area contributed by atoms with Crippen LogP contribution in [0.5, 0.6) is 5.75 Å². The Balaban J connectivity index is 2.29. The summed E-state index contributed by atoms with van der Waals surface area (Å²) in [6, 6.07) is 7.96. The van der Waals surface area contributed by atoms with Crippen molar-refractivity contribution >= 4 is 43.3 Å². The van der Waals surface area contributed by atoms with Crippen molar-refractivity contribution in [3.63, 3.8) is 0 Å². The molecule has 2 rings (SSSR count). The molecule has 110 valence electrons. The van der Waals surface area contributed by atoms with Gasteiger partial charge in [-0.25, -0.2) is 4.39 Å². The van der Waals surface area contributed by atoms with Crippen LogP contribution in [0.15, 0.2) is 39.3 Å². The van der Waals surface area contributed by atoms with Gasteiger partial charge in [-0.15, -0.1) is 0 Å². The summed E-state index contributed by atoms with van der Waals surface area (Å²) < 4.78 is 20.7. The predicted molar refractivity (Wildman–Crippen MR) is 87.0 cm³/mol. The van der Waals surface area contributed by atoms with Crippen LogP contribution in [0.4, 0.5) is 10.1 Å². The second-order valence-electron chi connectivity index (χ2n) is 4.45. The van der Waals surface area contributed by atoms with Gasteiger partial charge in [0.25, 0.3) is 0 Å². The van der Waals surface area contributed by atoms with Gasteiger partial charge in [-0.2, -0.15) is 0 Å². The first-order valence-electron chi connectivity index (χ1n) is 6.05. The lowest BCUT2D eigenvalue weighted by Crippen LogP contribution is -2.06. The smallest absolute Gasteiger partial charge is 0.163 e. The minimum Gasteiger partial charge on any atom is -0.486 e. The second kappa shape index (κ2) is 6.58. The van der Waals surface area contributed by atoms with E-state index in [1.807, 2.05) is 0 Å². The molecule has 0 atom stereocenters. The Morgan fingerprint density at radius 1 is 1.24 bits per heavy atom. The highest BCUT2D eigenvalue weighted by atomic mass is 79.9. The van der Waals surface area contributed by atoms with Crippen LogP contribution in [0.25, 0.3) is 0 Å². The summed E-state index contributed by atoms with van der Waals surface area (Å²) in [5, 5.41) is 0. The summed E-state index contributed by atoms with van der Waals surface area (Å²) >= 11 is 6.47. The summed E-state index contributed by atoms with van der Waals surface area (Å²) in [7, 11) is 0. The van der Waals surface area contributed by atoms with Gasteiger partial charge < -0.3 is 10.5 Å². The average molecular weight is 417 g/mol. The fourth-order valence-corrected chi connectivity index (χ4v) is 2.63. The van der Waals surface area contributed by atoms with E-state index in [1.165, 1.54) is 13.0 Å². The first-order chi connectivity index (χ1) is 9.88. The molecule has 0 aliphatic heterocycles. The number of benzene rings is 2. The molecule has 0 fully saturated rings. The van der Waals surface area contributed by atoms with E-state index in [4.69, 9.17) is 10.5 Å². The quantitative estimate of drug-likeness (QED) is 0.579. The number of halogens is 3. The highest BCUT2D eigenvalue weighted by molar-refractivity contribution is 9.10. The largest absolute Gasteiger partial charge is 0.486 e. The number of ether oxygens (including phenoxy) is 1. The molecule has 0 aromatic heterocycles. The van der Waals surface area contributed by atoms with Gasteiger partial charge in [0.2, 0.25) is 0 Å². The molecule has 2 N–H and O–H groups in total. The van der Waals surface area contributed by atoms with Gasteiger partial charge in [0.05, 0.1) is 11.3 Å². The van der Waals surface area contributed by atoms with Gasteiger partial charge in [0, 0.05) is 14.5 Å². The van der Waals surface area contributed by atoms with Gasteiger partial charge in [-0.1, -0.05) is 37.9 Å². The van der Waals surface area contributed by atoms with Crippen molar-refractivity contribution in [2.75, 3.05) is 5.73 Å². The molecule has 6 heteroatoms. The topological polar surface area (TPSA) is 52.3 Å². The Morgan fingerprint density at radius 2 is 1.95 bits per heavy atom. The number of ketones is 1. The van der Waals surface area contributed by atoms with Crippen LogP contribution in [-0.2, 0) is 6.61 Å². The lowest BCUT2D eigenvalue weighted by atomic mass is 10.1. The second-order valence-corrected chi connectivity index (χ2v) is 6.28. The number of hydrogen-bond acceptors (Lipinski definition) is 3. The molecule has 2 aromatic carbocycles. The molecule has 0 aliphatic carbocycles. The Labute approximate surface area is 138 Å². The van der Waals surface area contributed by atoms with E-state index in [1.54, 1.807) is 24.3 Å². The highest BCUT2D eigenvalue weighted by Crippen LogP contribution is 2.32. The van der Waals surface area contributed by atoms with E-state index in [0.29, 0.717) is 25.8 Å². The van der Waals surface area contributed by atoms with Crippen LogP contribution in [0.1, 0.15) is 22.8 Å². The molecule has 3 nitrogen and oxygen atoms in total. The number of nitrogen functional groups attached to an aromatic ring is 1. The van der Waals surface area contributed by atoms with Crippen molar-refractivity contribution in [2.24, 2.45) is 0 Å². The number of anilines is 1. The number of nitrogens with two attached hydrogens (primary N) is 1. The summed E-state index contributed by atoms with van der Waals surface area (Å²) in [5.41, 5.74) is 6.95. The van der Waals surface area contributed by atoms with Crippen molar-refractivity contribution in [2.45, 2.75) is 13.5 Å². The van der Waals surface area contributed by atoms with Crippen molar-refractivity contribution in [1.29, 1.82) is 0 Å². The van der Waals surface area contributed by atoms with Gasteiger partial charge in [-0.05, 0) is 31.2 Å². The summed E-state index contributed by atoms with van der Waals surface area (Å²) in [6.07, 6.45) is 0. The number of Topliss-reactive ketones (excluding diaryl/α,β-unsaturated/α-hetero) is 1. The monoisotopic (exact) mass is 415 g/mol. The van der Waals surface area contributed by atoms with E-state index < -0.39 is 0 Å². The maximum Gasteiger partial charge on any atom is 0.163 e. The minimum absolute atomic E-state index is 0.00870. The van der Waals surface area contributed by atoms with E-state index in [0.717, 1.165) is 0 Å². The lowest BCUT2D eigenvalue weighted by Gasteiger charge is -2.13. The van der Waals surface area contributed by atoms with Crippen LogP contribution >= 0.6 is 31.9 Å². The molecule has 0 aliphatic rings. The van der Waals surface area contributed by atoms with Crippen LogP contribution in [0, 0.1) is 5.82 Å². The molecule has 21 heavy (non-hydrogen) atoms. The van der Waals surface area contributed by atoms with Crippen LogP contribution in [-0.4, -0.2) is 5.78 Å². The third kappa shape index (κ3) is 3.83. The molecule has 0 heterocycles. The number of carbonyl (C=O) groups is 1. The summed E-state index contributed by atoms with van der Waals surface area (Å²) in [4.78, 5) is 11.7. The first-order valence-corrected chi connectivity index (χ1v) is 7.63. The van der Waals surface area contributed by atoms with E-state index in [2.05, 4.69) is 31.9 Å². The summed E-state index contributed by atoms with van der Waals surface area (Å²) in [5.74, 6) is -0.285. The molecule has 0 bridgehead atoms. The maximum absolute atomic E-state index is 13.8. The van der Waals surface area contributed by atoms with Crippen LogP contribution < -0.4 is 10.5 Å². The molecule has 2 aromatic rings. The fraction of sp³-hybridized carbons (Fsp3) is 0.133. The van der Waals surface area contributed by atoms with Crippen molar-refractivity contribution in [1.82, 2.24) is 0 Å². The van der Waals surface area contributed by atoms with E-state index in [9.17, 15) is 9.18 Å². The van der Waals surface area contributed by atoms with E-state index >= 15 is 0 Å². The van der Waals surface area contributed by atoms with Crippen LogP contribution in [0.3, 0.4) is 0 Å². The average Bonchev–Trinajstić information content (AvgIpc) is 2.38. The third-order valence-corrected chi connectivity index (χ3v) is 3.80. The molecular weight excluding hydrogens is 405 g/mol. The predicted octanol–water partition coefficient (Wildman–Crippen LogP) is 4.71. The minimum atomic E-state index is -0.385. The molecule has 0 saturated heterocycles. The zero-order valence-electron chi connectivity index (χ0n) is 11.1. The number of carbonyl (C=O) groups excluding carboxylic acids is 1. The van der Waals surface area contributed by atoms with Gasteiger partial charge >= 0.3 is 0 Å². The van der Waals surface area contributed by atoms with Gasteiger partial charge in [-0.3, -0.25) is 4.79 Å². The van der Waals surface area contributed by atoms with Crippen molar-refractivity contribution in [3.8, 4) is 5.75 Å². The van der Waals surface area contributed by atoms with Gasteiger partial charge in [0.1, 0.15) is 12.4 Å². The Hall–Kier alpha value is -1.40. The van der Waals surface area contributed by atoms with Crippen molar-refractivity contribution < 1.29 is 13.9 Å². The van der Waals surface area contributed by atoms with Crippen molar-refractivity contribution in [3.05, 3.63) is 56.2 Å². The standard InChI is InChI=1S/C15H12Br2FNO2/c1-8(20)12-4-11(17)6-14(19)15(12)21-7-9-2-3-10(16)5-13(9)18/h2-6H,7,19H2,1H3. The zero-order chi connectivity index (χ0) is 15.6. The number of rotatable bonds is 4. The summed E-state index contributed by atoms with van der Waals surface area (Å²) in [6.45, 7) is 1.42. The fourth-order valence-electron chi connectivity index (χ4n) is 1.83. The SMILES string of the molecule is CC(=O)c1cc(Br)cc(N)c1OCc1ccc(Br)cc1F. The number of hydrogen-bond donors (Lipinski definition) is 1. The first kappa shape index (κ1) is 16.0. The lowest BCUT2D eigenvalue weighted by molar-refractivity contribution is 0.101. The van der Waals surface area contributed by atoms with E-state index in [-0.39, 0.29) is 24.0 Å². The van der Waals surface area contributed by atoms with Gasteiger partial charge in [0.15, 0.2) is 11.5 Å². The Bertz CT molecular complexity index is 704.